The molecule has 3 heterocycles. The first-order valence-corrected chi connectivity index (χ1v) is 14.0. The molecule has 5 rings (SSSR count). The van der Waals surface area contributed by atoms with Crippen molar-refractivity contribution in [2.45, 2.75) is 19.4 Å². The summed E-state index contributed by atoms with van der Waals surface area (Å²) in [5.74, 6) is -1.88. The molecule has 2 aromatic heterocycles. The Kier molecular flexibility index (Phi) is 7.74. The fourth-order valence-corrected chi connectivity index (χ4v) is 6.51. The number of nitrogen functional groups attached to an aromatic ring is 2. The minimum Gasteiger partial charge on any atom is -0.488 e. The number of nitrogens with zero attached hydrogens (tertiary/aromatic N) is 4. The van der Waals surface area contributed by atoms with E-state index in [0.717, 1.165) is 11.3 Å². The Balaban J connectivity index is 1.73. The lowest BCUT2D eigenvalue weighted by Crippen LogP contribution is -2.40. The van der Waals surface area contributed by atoms with E-state index < -0.39 is 23.6 Å². The number of nitriles is 1. The predicted molar refractivity (Wildman–Crippen MR) is 157 cm³/mol. The molecule has 1 aliphatic rings. The van der Waals surface area contributed by atoms with Crippen LogP contribution in [0.3, 0.4) is 0 Å². The Morgan fingerprint density at radius 2 is 2.02 bits per heavy atom. The van der Waals surface area contributed by atoms with E-state index >= 15 is 4.39 Å². The zero-order valence-corrected chi connectivity index (χ0v) is 24.2. The standard InChI is InChI=1S/C29H27ClF2N6O2S/c1-14(15-5-4-9-36-27(15)34)38-10-8-17-22(29(38)39)25(40-12-11-37(2)3)24(32)21(23(17)30)16-6-7-19(31)26-20(16)18(13-33)28(35)41-26/h4-7,9,14H,8,10-12,35H2,1-3H3,(H2,34,36)/t14-/m1/s1. The summed E-state index contributed by atoms with van der Waals surface area (Å²) >= 11 is 7.80. The van der Waals surface area contributed by atoms with Gasteiger partial charge in [0.15, 0.2) is 11.6 Å². The van der Waals surface area contributed by atoms with Gasteiger partial charge in [0.25, 0.3) is 5.91 Å². The molecule has 4 aromatic rings. The maximum absolute atomic E-state index is 16.7. The number of amides is 1. The molecule has 41 heavy (non-hydrogen) atoms. The van der Waals surface area contributed by atoms with Crippen LogP contribution < -0.4 is 16.2 Å². The van der Waals surface area contributed by atoms with Gasteiger partial charge in [0.2, 0.25) is 0 Å². The molecule has 0 saturated carbocycles. The van der Waals surface area contributed by atoms with E-state index in [9.17, 15) is 14.4 Å². The summed E-state index contributed by atoms with van der Waals surface area (Å²) in [5, 5.41) is 10.1. The SMILES string of the molecule is C[C@H](c1cccnc1N)N1CCc2c(Cl)c(-c3ccc(F)c4sc(N)c(C#N)c34)c(F)c(OCCN(C)C)c2C1=O. The van der Waals surface area contributed by atoms with Crippen molar-refractivity contribution in [1.29, 1.82) is 5.26 Å². The van der Waals surface area contributed by atoms with Gasteiger partial charge in [-0.3, -0.25) is 4.79 Å². The van der Waals surface area contributed by atoms with Crippen LogP contribution in [0.2, 0.25) is 5.02 Å². The van der Waals surface area contributed by atoms with Crippen molar-refractivity contribution in [3.05, 3.63) is 69.4 Å². The first kappa shape index (κ1) is 28.5. The molecule has 1 amide bonds. The Morgan fingerprint density at radius 1 is 1.27 bits per heavy atom. The van der Waals surface area contributed by atoms with E-state index in [1.54, 1.807) is 23.2 Å². The number of aromatic nitrogens is 1. The normalized spacial score (nSPS) is 13.9. The number of pyridine rings is 1. The quantitative estimate of drug-likeness (QED) is 0.283. The highest BCUT2D eigenvalue weighted by Crippen LogP contribution is 2.49. The van der Waals surface area contributed by atoms with Crippen LogP contribution in [0, 0.1) is 23.0 Å². The Hall–Kier alpha value is -3.98. The Bertz CT molecular complexity index is 1740. The molecule has 0 bridgehead atoms. The average molecular weight is 597 g/mol. The summed E-state index contributed by atoms with van der Waals surface area (Å²) in [5.41, 5.74) is 13.4. The first-order chi connectivity index (χ1) is 19.6. The van der Waals surface area contributed by atoms with Crippen molar-refractivity contribution in [1.82, 2.24) is 14.8 Å². The topological polar surface area (TPSA) is 122 Å². The maximum atomic E-state index is 16.7. The van der Waals surface area contributed by atoms with E-state index in [1.165, 1.54) is 12.1 Å². The van der Waals surface area contributed by atoms with E-state index in [4.69, 9.17) is 27.8 Å². The largest absolute Gasteiger partial charge is 0.488 e. The molecule has 1 atom stereocenters. The number of likely N-dealkylation sites (N-methyl/N-ethyl adjacent to an activating group) is 1. The third kappa shape index (κ3) is 4.82. The number of carbonyl (C=O) groups excluding carboxylic acids is 1. The fourth-order valence-electron chi connectivity index (χ4n) is 5.19. The number of fused-ring (bicyclic) bond motifs is 2. The number of benzene rings is 2. The van der Waals surface area contributed by atoms with Gasteiger partial charge in [0.05, 0.1) is 26.9 Å². The van der Waals surface area contributed by atoms with Crippen LogP contribution in [0.25, 0.3) is 21.2 Å². The number of nitrogens with two attached hydrogens (primary N) is 2. The first-order valence-electron chi connectivity index (χ1n) is 12.8. The third-order valence-corrected chi connectivity index (χ3v) is 8.73. The fraction of sp³-hybridized carbons (Fsp3) is 0.276. The zero-order valence-electron chi connectivity index (χ0n) is 22.6. The second kappa shape index (κ2) is 11.1. The minimum absolute atomic E-state index is 0.000531. The average Bonchev–Trinajstić information content (AvgIpc) is 3.28. The number of hydrogen-bond donors (Lipinski definition) is 2. The molecule has 0 radical (unpaired) electrons. The van der Waals surface area contributed by atoms with Crippen LogP contribution in [0.5, 0.6) is 5.75 Å². The van der Waals surface area contributed by atoms with Crippen molar-refractivity contribution in [3.63, 3.8) is 0 Å². The number of rotatable bonds is 7. The van der Waals surface area contributed by atoms with Crippen LogP contribution in [-0.4, -0.2) is 54.5 Å². The summed E-state index contributed by atoms with van der Waals surface area (Å²) in [7, 11) is 3.68. The van der Waals surface area contributed by atoms with Gasteiger partial charge >= 0.3 is 0 Å². The highest BCUT2D eigenvalue weighted by molar-refractivity contribution is 7.23. The number of hydrogen-bond acceptors (Lipinski definition) is 8. The van der Waals surface area contributed by atoms with E-state index in [0.29, 0.717) is 29.9 Å². The second-order valence-electron chi connectivity index (χ2n) is 9.99. The van der Waals surface area contributed by atoms with Gasteiger partial charge in [0.1, 0.15) is 29.3 Å². The zero-order chi connectivity index (χ0) is 29.6. The van der Waals surface area contributed by atoms with Crippen molar-refractivity contribution in [2.75, 3.05) is 45.3 Å². The summed E-state index contributed by atoms with van der Waals surface area (Å²) in [6.07, 6.45) is 1.86. The lowest BCUT2D eigenvalue weighted by Gasteiger charge is -2.35. The number of thiophene rings is 1. The van der Waals surface area contributed by atoms with E-state index in [-0.39, 0.29) is 61.3 Å². The predicted octanol–water partition coefficient (Wildman–Crippen LogP) is 5.63. The highest BCUT2D eigenvalue weighted by atomic mass is 35.5. The lowest BCUT2D eigenvalue weighted by atomic mass is 9.89. The van der Waals surface area contributed by atoms with Crippen LogP contribution in [0.4, 0.5) is 19.6 Å². The van der Waals surface area contributed by atoms with Gasteiger partial charge < -0.3 is 26.0 Å². The number of ether oxygens (including phenoxy) is 1. The van der Waals surface area contributed by atoms with Crippen molar-refractivity contribution in [3.8, 4) is 22.9 Å². The van der Waals surface area contributed by atoms with Crippen LogP contribution >= 0.6 is 22.9 Å². The molecule has 0 saturated heterocycles. The molecule has 0 aliphatic carbocycles. The van der Waals surface area contributed by atoms with Crippen molar-refractivity contribution >= 4 is 49.7 Å². The molecule has 212 valence electrons. The molecule has 0 fully saturated rings. The summed E-state index contributed by atoms with van der Waals surface area (Å²) in [6, 6.07) is 7.63. The summed E-state index contributed by atoms with van der Waals surface area (Å²) < 4.78 is 37.5. The van der Waals surface area contributed by atoms with Gasteiger partial charge in [0, 0.05) is 35.8 Å². The molecule has 12 heteroatoms. The molecular weight excluding hydrogens is 570 g/mol. The number of carbonyl (C=O) groups is 1. The number of anilines is 2. The summed E-state index contributed by atoms with van der Waals surface area (Å²) in [6.45, 7) is 2.64. The monoisotopic (exact) mass is 596 g/mol. The lowest BCUT2D eigenvalue weighted by molar-refractivity contribution is 0.0666. The van der Waals surface area contributed by atoms with Gasteiger partial charge in [-0.05, 0) is 50.7 Å². The molecule has 8 nitrogen and oxygen atoms in total. The molecule has 1 aliphatic heterocycles. The smallest absolute Gasteiger partial charge is 0.258 e. The van der Waals surface area contributed by atoms with Crippen molar-refractivity contribution < 1.29 is 18.3 Å². The van der Waals surface area contributed by atoms with Crippen LogP contribution in [-0.2, 0) is 6.42 Å². The minimum atomic E-state index is -0.877. The van der Waals surface area contributed by atoms with Gasteiger partial charge in [-0.25, -0.2) is 13.8 Å². The van der Waals surface area contributed by atoms with Crippen LogP contribution in [0.15, 0.2) is 30.5 Å². The Morgan fingerprint density at radius 3 is 2.71 bits per heavy atom. The molecule has 2 aromatic carbocycles. The molecule has 0 spiro atoms. The molecule has 0 unspecified atom stereocenters. The Labute approximate surface area is 244 Å². The van der Waals surface area contributed by atoms with E-state index in [2.05, 4.69) is 4.98 Å². The number of halogens is 3. The van der Waals surface area contributed by atoms with Gasteiger partial charge in [-0.1, -0.05) is 23.7 Å². The summed E-state index contributed by atoms with van der Waals surface area (Å²) in [4.78, 5) is 21.6. The highest BCUT2D eigenvalue weighted by Gasteiger charge is 2.38. The molecular formula is C29H27ClF2N6O2S. The van der Waals surface area contributed by atoms with Gasteiger partial charge in [-0.2, -0.15) is 5.26 Å². The molecule has 4 N–H and O–H groups in total. The van der Waals surface area contributed by atoms with Gasteiger partial charge in [-0.15, -0.1) is 11.3 Å². The third-order valence-electron chi connectivity index (χ3n) is 7.28. The second-order valence-corrected chi connectivity index (χ2v) is 11.4. The van der Waals surface area contributed by atoms with Crippen molar-refractivity contribution in [2.24, 2.45) is 0 Å². The van der Waals surface area contributed by atoms with Crippen LogP contribution in [0.1, 0.15) is 40.0 Å². The maximum Gasteiger partial charge on any atom is 0.258 e. The van der Waals surface area contributed by atoms with E-state index in [1.807, 2.05) is 32.0 Å².